The molecule has 114 valence electrons. The van der Waals surface area contributed by atoms with Crippen molar-refractivity contribution in [3.63, 3.8) is 0 Å². The van der Waals surface area contributed by atoms with Crippen LogP contribution >= 0.6 is 12.4 Å². The Morgan fingerprint density at radius 2 is 1.65 bits per heavy atom. The third kappa shape index (κ3) is 2.76. The Labute approximate surface area is 119 Å². The molecule has 0 saturated carbocycles. The molecule has 0 unspecified atom stereocenters. The molecule has 0 amide bonds. The summed E-state index contributed by atoms with van der Waals surface area (Å²) >= 11 is 0. The summed E-state index contributed by atoms with van der Waals surface area (Å²) in [5.41, 5.74) is 5.49. The van der Waals surface area contributed by atoms with Crippen LogP contribution in [0.4, 0.5) is 17.6 Å². The maximum Gasteiger partial charge on any atom is 0.249 e. The first-order valence-corrected chi connectivity index (χ1v) is 6.78. The van der Waals surface area contributed by atoms with Crippen LogP contribution in [-0.4, -0.2) is 31.9 Å². The number of hydrogen-bond donors (Lipinski definition) is 1. The molecule has 1 atom stereocenters. The number of sulfonamides is 1. The number of nitrogens with zero attached hydrogens (tertiary/aromatic N) is 1. The van der Waals surface area contributed by atoms with Gasteiger partial charge in [0, 0.05) is 25.2 Å². The second-order valence-electron chi connectivity index (χ2n) is 4.21. The SMILES string of the molecule is Cl.N[C@H]1CCN(S(=O)(=O)c2c(F)c(F)cc(F)c2F)C1. The van der Waals surface area contributed by atoms with E-state index in [1.54, 1.807) is 0 Å². The minimum atomic E-state index is -4.65. The highest BCUT2D eigenvalue weighted by atomic mass is 35.5. The molecule has 1 heterocycles. The Bertz CT molecular complexity index is 600. The van der Waals surface area contributed by atoms with Crippen molar-refractivity contribution >= 4 is 22.4 Å². The maximum absolute atomic E-state index is 13.5. The topological polar surface area (TPSA) is 63.4 Å². The van der Waals surface area contributed by atoms with Gasteiger partial charge in [-0.25, -0.2) is 26.0 Å². The number of nitrogens with two attached hydrogens (primary N) is 1. The molecule has 4 nitrogen and oxygen atoms in total. The van der Waals surface area contributed by atoms with E-state index in [0.29, 0.717) is 10.7 Å². The fourth-order valence-electron chi connectivity index (χ4n) is 1.88. The molecular formula is C10H11ClF4N2O2S. The first-order valence-electron chi connectivity index (χ1n) is 5.34. The molecule has 0 aliphatic carbocycles. The molecule has 10 heteroatoms. The molecule has 0 radical (unpaired) electrons. The molecule has 1 aromatic rings. The van der Waals surface area contributed by atoms with E-state index in [-0.39, 0.29) is 31.6 Å². The normalized spacial score (nSPS) is 19.9. The van der Waals surface area contributed by atoms with Crippen molar-refractivity contribution in [2.75, 3.05) is 13.1 Å². The first kappa shape index (κ1) is 17.2. The monoisotopic (exact) mass is 334 g/mol. The van der Waals surface area contributed by atoms with Gasteiger partial charge in [0.1, 0.15) is 0 Å². The van der Waals surface area contributed by atoms with Crippen LogP contribution in [0, 0.1) is 23.3 Å². The molecule has 1 aliphatic heterocycles. The summed E-state index contributed by atoms with van der Waals surface area (Å²) < 4.78 is 77.7. The molecule has 0 bridgehead atoms. The van der Waals surface area contributed by atoms with E-state index in [9.17, 15) is 26.0 Å². The lowest BCUT2D eigenvalue weighted by molar-refractivity contribution is 0.405. The van der Waals surface area contributed by atoms with Gasteiger partial charge in [-0.2, -0.15) is 4.31 Å². The van der Waals surface area contributed by atoms with Crippen LogP contribution in [0.2, 0.25) is 0 Å². The molecule has 2 rings (SSSR count). The second kappa shape index (κ2) is 5.84. The van der Waals surface area contributed by atoms with Gasteiger partial charge in [0.2, 0.25) is 10.0 Å². The smallest absolute Gasteiger partial charge is 0.249 e. The van der Waals surface area contributed by atoms with Gasteiger partial charge < -0.3 is 5.73 Å². The molecule has 1 aliphatic rings. The summed E-state index contributed by atoms with van der Waals surface area (Å²) in [5.74, 6) is -7.39. The minimum absolute atomic E-state index is 0. The van der Waals surface area contributed by atoms with E-state index in [4.69, 9.17) is 5.73 Å². The zero-order valence-electron chi connectivity index (χ0n) is 9.95. The molecular weight excluding hydrogens is 324 g/mol. The average molecular weight is 335 g/mol. The minimum Gasteiger partial charge on any atom is -0.326 e. The molecule has 1 fully saturated rings. The van der Waals surface area contributed by atoms with Crippen LogP contribution in [0.3, 0.4) is 0 Å². The van der Waals surface area contributed by atoms with Gasteiger partial charge in [0.25, 0.3) is 0 Å². The van der Waals surface area contributed by atoms with Gasteiger partial charge in [-0.15, -0.1) is 12.4 Å². The van der Waals surface area contributed by atoms with Crippen molar-refractivity contribution in [3.8, 4) is 0 Å². The summed E-state index contributed by atoms with van der Waals surface area (Å²) in [5, 5.41) is 0. The standard InChI is InChI=1S/C10H10F4N2O2S.ClH/c11-6-3-7(12)9(14)10(8(6)13)19(17,18)16-2-1-5(15)4-16;/h3,5H,1-2,4,15H2;1H/t5-;/m0./s1. The lowest BCUT2D eigenvalue weighted by atomic mass is 10.3. The van der Waals surface area contributed by atoms with Crippen molar-refractivity contribution in [1.82, 2.24) is 4.31 Å². The Hall–Kier alpha value is -0.900. The molecule has 0 spiro atoms. The van der Waals surface area contributed by atoms with Gasteiger partial charge >= 0.3 is 0 Å². The largest absolute Gasteiger partial charge is 0.326 e. The number of rotatable bonds is 2. The Balaban J connectivity index is 0.00000200. The van der Waals surface area contributed by atoms with Crippen molar-refractivity contribution in [2.45, 2.75) is 17.4 Å². The summed E-state index contributed by atoms with van der Waals surface area (Å²) in [7, 11) is -4.65. The third-order valence-electron chi connectivity index (χ3n) is 2.86. The zero-order chi connectivity index (χ0) is 14.4. The van der Waals surface area contributed by atoms with Crippen molar-refractivity contribution in [2.24, 2.45) is 5.73 Å². The van der Waals surface area contributed by atoms with E-state index in [2.05, 4.69) is 0 Å². The summed E-state index contributed by atoms with van der Waals surface area (Å²) in [6, 6.07) is -0.515. The highest BCUT2D eigenvalue weighted by Gasteiger charge is 2.37. The first-order chi connectivity index (χ1) is 8.75. The highest BCUT2D eigenvalue weighted by molar-refractivity contribution is 7.89. The molecule has 2 N–H and O–H groups in total. The highest BCUT2D eigenvalue weighted by Crippen LogP contribution is 2.28. The van der Waals surface area contributed by atoms with Gasteiger partial charge in [0.15, 0.2) is 28.2 Å². The van der Waals surface area contributed by atoms with Gasteiger partial charge in [-0.1, -0.05) is 0 Å². The van der Waals surface area contributed by atoms with Crippen molar-refractivity contribution in [1.29, 1.82) is 0 Å². The fourth-order valence-corrected chi connectivity index (χ4v) is 3.52. The molecule has 20 heavy (non-hydrogen) atoms. The predicted molar refractivity (Wildman–Crippen MR) is 64.9 cm³/mol. The summed E-state index contributed by atoms with van der Waals surface area (Å²) in [6.45, 7) is -0.208. The van der Waals surface area contributed by atoms with Gasteiger partial charge in [0.05, 0.1) is 0 Å². The van der Waals surface area contributed by atoms with Crippen molar-refractivity contribution in [3.05, 3.63) is 29.3 Å². The number of hydrogen-bond acceptors (Lipinski definition) is 3. The molecule has 1 aromatic carbocycles. The maximum atomic E-state index is 13.5. The Kier molecular flexibility index (Phi) is 5.01. The van der Waals surface area contributed by atoms with Crippen LogP contribution < -0.4 is 5.73 Å². The van der Waals surface area contributed by atoms with E-state index in [1.807, 2.05) is 0 Å². The third-order valence-corrected chi connectivity index (χ3v) is 4.74. The van der Waals surface area contributed by atoms with Crippen molar-refractivity contribution < 1.29 is 26.0 Å². The van der Waals surface area contributed by atoms with Crippen LogP contribution in [0.15, 0.2) is 11.0 Å². The van der Waals surface area contributed by atoms with Gasteiger partial charge in [-0.3, -0.25) is 0 Å². The lowest BCUT2D eigenvalue weighted by Gasteiger charge is -2.17. The summed E-state index contributed by atoms with van der Waals surface area (Å²) in [6.07, 6.45) is 0.306. The zero-order valence-corrected chi connectivity index (χ0v) is 11.6. The summed E-state index contributed by atoms with van der Waals surface area (Å²) in [4.78, 5) is -1.61. The molecule has 1 saturated heterocycles. The van der Waals surface area contributed by atoms with E-state index in [0.717, 1.165) is 0 Å². The van der Waals surface area contributed by atoms with Gasteiger partial charge in [-0.05, 0) is 6.42 Å². The second-order valence-corrected chi connectivity index (χ2v) is 6.08. The lowest BCUT2D eigenvalue weighted by Crippen LogP contribution is -2.33. The van der Waals surface area contributed by atoms with E-state index in [1.165, 1.54) is 0 Å². The quantitative estimate of drug-likeness (QED) is 0.656. The van der Waals surface area contributed by atoms with Crippen LogP contribution in [0.1, 0.15) is 6.42 Å². The molecule has 0 aromatic heterocycles. The fraction of sp³-hybridized carbons (Fsp3) is 0.400. The van der Waals surface area contributed by atoms with Crippen LogP contribution in [-0.2, 0) is 10.0 Å². The Morgan fingerprint density at radius 1 is 1.15 bits per heavy atom. The van der Waals surface area contributed by atoms with E-state index < -0.39 is 44.2 Å². The Morgan fingerprint density at radius 3 is 2.05 bits per heavy atom. The average Bonchev–Trinajstić information content (AvgIpc) is 2.74. The number of halogens is 5. The predicted octanol–water partition coefficient (Wildman–Crippen LogP) is 1.39. The number of benzene rings is 1. The van der Waals surface area contributed by atoms with Crippen LogP contribution in [0.5, 0.6) is 0 Å². The van der Waals surface area contributed by atoms with Crippen LogP contribution in [0.25, 0.3) is 0 Å². The van der Waals surface area contributed by atoms with E-state index >= 15 is 0 Å².